The minimum Gasteiger partial charge on any atom is -0.309 e. The highest BCUT2D eigenvalue weighted by atomic mass is 15.0. The Hall–Kier alpha value is -5.15. The van der Waals surface area contributed by atoms with E-state index in [0.29, 0.717) is 0 Å². The highest BCUT2D eigenvalue weighted by molar-refractivity contribution is 6.11. The van der Waals surface area contributed by atoms with Gasteiger partial charge in [0.15, 0.2) is 0 Å². The molecule has 0 unspecified atom stereocenters. The third kappa shape index (κ3) is 2.99. The number of hydrogen-bond acceptors (Lipinski definition) is 1. The van der Waals surface area contributed by atoms with Crippen molar-refractivity contribution in [2.24, 2.45) is 0 Å². The monoisotopic (exact) mass is 485 g/mol. The van der Waals surface area contributed by atoms with Gasteiger partial charge in [-0.15, -0.1) is 0 Å². The Balaban J connectivity index is 1.51. The third-order valence-electron chi connectivity index (χ3n) is 7.61. The van der Waals surface area contributed by atoms with Gasteiger partial charge in [0.1, 0.15) is 0 Å². The summed E-state index contributed by atoms with van der Waals surface area (Å²) >= 11 is 0. The van der Waals surface area contributed by atoms with Gasteiger partial charge in [-0.25, -0.2) is 0 Å². The van der Waals surface area contributed by atoms with Crippen molar-refractivity contribution in [3.63, 3.8) is 0 Å². The summed E-state index contributed by atoms with van der Waals surface area (Å²) in [4.78, 5) is 4.45. The Bertz CT molecular complexity index is 2020. The molecule has 0 fully saturated rings. The minimum absolute atomic E-state index is 1.10. The van der Waals surface area contributed by atoms with E-state index in [1.807, 2.05) is 18.5 Å². The second kappa shape index (κ2) is 8.19. The molecule has 178 valence electrons. The molecule has 8 aromatic rings. The quantitative estimate of drug-likeness (QED) is 0.245. The van der Waals surface area contributed by atoms with Crippen molar-refractivity contribution in [3.8, 4) is 22.5 Å². The molecule has 0 aliphatic carbocycles. The molecule has 0 radical (unpaired) electrons. The van der Waals surface area contributed by atoms with Crippen LogP contribution < -0.4 is 0 Å². The molecule has 0 spiro atoms. The molecule has 0 saturated carbocycles. The predicted molar refractivity (Wildman–Crippen MR) is 158 cm³/mol. The van der Waals surface area contributed by atoms with E-state index >= 15 is 0 Å². The first kappa shape index (κ1) is 21.0. The first-order valence-electron chi connectivity index (χ1n) is 12.9. The summed E-state index contributed by atoms with van der Waals surface area (Å²) in [6, 6.07) is 45.6. The number of nitrogens with zero attached hydrogens (tertiary/aromatic N) is 3. The summed E-state index contributed by atoms with van der Waals surface area (Å²) in [5.74, 6) is 0. The van der Waals surface area contributed by atoms with Crippen LogP contribution in [0.2, 0.25) is 0 Å². The standard InChI is InChI=1S/C35H23N3/c1-5-15-31-27(11-1)28-12-2-6-16-32(28)37(31)25-19-20-26(24-10-9-21-36-23-24)35(22-25)38-33-17-7-3-13-29(33)30-14-4-8-18-34(30)38/h1-23H. The van der Waals surface area contributed by atoms with Gasteiger partial charge in [0.2, 0.25) is 0 Å². The first-order valence-corrected chi connectivity index (χ1v) is 12.9. The summed E-state index contributed by atoms with van der Waals surface area (Å²) in [7, 11) is 0. The number of pyridine rings is 1. The van der Waals surface area contributed by atoms with Crippen LogP contribution in [0.4, 0.5) is 0 Å². The summed E-state index contributed by atoms with van der Waals surface area (Å²) in [5, 5.41) is 5.03. The highest BCUT2D eigenvalue weighted by Gasteiger charge is 2.18. The van der Waals surface area contributed by atoms with E-state index < -0.39 is 0 Å². The van der Waals surface area contributed by atoms with Gasteiger partial charge in [-0.2, -0.15) is 0 Å². The molecule has 3 nitrogen and oxygen atoms in total. The number of hydrogen-bond donors (Lipinski definition) is 0. The van der Waals surface area contributed by atoms with Crippen LogP contribution in [0, 0.1) is 0 Å². The van der Waals surface area contributed by atoms with Gasteiger partial charge in [0.25, 0.3) is 0 Å². The number of rotatable bonds is 3. The van der Waals surface area contributed by atoms with Crippen molar-refractivity contribution in [2.45, 2.75) is 0 Å². The van der Waals surface area contributed by atoms with Crippen LogP contribution in [0.5, 0.6) is 0 Å². The van der Waals surface area contributed by atoms with Crippen LogP contribution in [-0.2, 0) is 0 Å². The van der Waals surface area contributed by atoms with Crippen molar-refractivity contribution in [1.82, 2.24) is 14.1 Å². The first-order chi connectivity index (χ1) is 18.9. The second-order valence-corrected chi connectivity index (χ2v) is 9.68. The third-order valence-corrected chi connectivity index (χ3v) is 7.61. The number of fused-ring (bicyclic) bond motifs is 6. The van der Waals surface area contributed by atoms with Gasteiger partial charge in [0.05, 0.1) is 27.8 Å². The van der Waals surface area contributed by atoms with Crippen molar-refractivity contribution < 1.29 is 0 Å². The molecule has 0 N–H and O–H groups in total. The lowest BCUT2D eigenvalue weighted by Gasteiger charge is -2.17. The molecule has 0 aliphatic heterocycles. The zero-order valence-electron chi connectivity index (χ0n) is 20.6. The summed E-state index contributed by atoms with van der Waals surface area (Å²) < 4.78 is 4.79. The second-order valence-electron chi connectivity index (χ2n) is 9.68. The van der Waals surface area contributed by atoms with E-state index in [2.05, 4.69) is 135 Å². The predicted octanol–water partition coefficient (Wildman–Crippen LogP) is 8.94. The van der Waals surface area contributed by atoms with E-state index in [1.54, 1.807) is 0 Å². The maximum atomic E-state index is 4.45. The van der Waals surface area contributed by atoms with Gasteiger partial charge in [-0.3, -0.25) is 4.98 Å². The SMILES string of the molecule is c1cncc(-c2ccc(-n3c4ccccc4c4ccccc43)cc2-n2c3ccccc3c3ccccc32)c1. The molecule has 5 aromatic carbocycles. The smallest absolute Gasteiger partial charge is 0.0561 e. The molecular formula is C35H23N3. The van der Waals surface area contributed by atoms with Crippen molar-refractivity contribution >= 4 is 43.6 Å². The fraction of sp³-hybridized carbons (Fsp3) is 0. The molecule has 38 heavy (non-hydrogen) atoms. The molecule has 0 aliphatic rings. The van der Waals surface area contributed by atoms with E-state index in [4.69, 9.17) is 0 Å². The molecule has 3 heteroatoms. The number of aromatic nitrogens is 3. The van der Waals surface area contributed by atoms with Crippen LogP contribution >= 0.6 is 0 Å². The Morgan fingerprint density at radius 2 is 0.947 bits per heavy atom. The summed E-state index contributed by atoms with van der Waals surface area (Å²) in [5.41, 5.74) is 9.30. The molecule has 0 bridgehead atoms. The Morgan fingerprint density at radius 3 is 1.45 bits per heavy atom. The summed E-state index contributed by atoms with van der Waals surface area (Å²) in [6.45, 7) is 0. The van der Waals surface area contributed by atoms with Gasteiger partial charge >= 0.3 is 0 Å². The number of para-hydroxylation sites is 4. The molecule has 0 saturated heterocycles. The Labute approximate surface area is 219 Å². The van der Waals surface area contributed by atoms with Crippen LogP contribution in [0.25, 0.3) is 66.1 Å². The van der Waals surface area contributed by atoms with E-state index in [1.165, 1.54) is 43.6 Å². The fourth-order valence-electron chi connectivity index (χ4n) is 5.99. The molecule has 0 atom stereocenters. The fourth-order valence-corrected chi connectivity index (χ4v) is 5.99. The van der Waals surface area contributed by atoms with Crippen LogP contribution in [0.3, 0.4) is 0 Å². The van der Waals surface area contributed by atoms with Crippen LogP contribution in [0.15, 0.2) is 140 Å². The van der Waals surface area contributed by atoms with E-state index in [-0.39, 0.29) is 0 Å². The summed E-state index contributed by atoms with van der Waals surface area (Å²) in [6.07, 6.45) is 3.78. The topological polar surface area (TPSA) is 22.8 Å². The largest absolute Gasteiger partial charge is 0.309 e. The molecular weight excluding hydrogens is 462 g/mol. The minimum atomic E-state index is 1.10. The lowest BCUT2D eigenvalue weighted by atomic mass is 10.0. The van der Waals surface area contributed by atoms with Gasteiger partial charge in [-0.1, -0.05) is 84.9 Å². The molecule has 3 heterocycles. The zero-order chi connectivity index (χ0) is 25.1. The Kier molecular flexibility index (Phi) is 4.52. The highest BCUT2D eigenvalue weighted by Crippen LogP contribution is 2.38. The lowest BCUT2D eigenvalue weighted by molar-refractivity contribution is 1.13. The van der Waals surface area contributed by atoms with Gasteiger partial charge in [-0.05, 0) is 42.5 Å². The maximum absolute atomic E-state index is 4.45. The van der Waals surface area contributed by atoms with Crippen LogP contribution in [-0.4, -0.2) is 14.1 Å². The average molecular weight is 486 g/mol. The van der Waals surface area contributed by atoms with Crippen molar-refractivity contribution in [3.05, 3.63) is 140 Å². The van der Waals surface area contributed by atoms with Gasteiger partial charge < -0.3 is 9.13 Å². The molecule has 3 aromatic heterocycles. The van der Waals surface area contributed by atoms with Crippen LogP contribution in [0.1, 0.15) is 0 Å². The molecule has 0 amide bonds. The lowest BCUT2D eigenvalue weighted by Crippen LogP contribution is -2.01. The van der Waals surface area contributed by atoms with E-state index in [9.17, 15) is 0 Å². The average Bonchev–Trinajstić information content (AvgIpc) is 3.51. The normalized spacial score (nSPS) is 11.7. The van der Waals surface area contributed by atoms with Gasteiger partial charge in [0, 0.05) is 50.8 Å². The van der Waals surface area contributed by atoms with E-state index in [0.717, 1.165) is 22.5 Å². The van der Waals surface area contributed by atoms with Crippen molar-refractivity contribution in [1.29, 1.82) is 0 Å². The Morgan fingerprint density at radius 1 is 0.447 bits per heavy atom. The zero-order valence-corrected chi connectivity index (χ0v) is 20.6. The number of benzene rings is 5. The van der Waals surface area contributed by atoms with Crippen molar-refractivity contribution in [2.75, 3.05) is 0 Å². The maximum Gasteiger partial charge on any atom is 0.0561 e. The molecule has 8 rings (SSSR count).